The first kappa shape index (κ1) is 17.5. The van der Waals surface area contributed by atoms with Crippen LogP contribution in [-0.4, -0.2) is 24.2 Å². The van der Waals surface area contributed by atoms with Crippen LogP contribution < -0.4 is 4.90 Å². The van der Waals surface area contributed by atoms with Crippen LogP contribution in [0.25, 0.3) is 0 Å². The highest BCUT2D eigenvalue weighted by molar-refractivity contribution is 6.34. The number of carboxylic acids is 1. The van der Waals surface area contributed by atoms with Gasteiger partial charge in [-0.1, -0.05) is 11.6 Å². The Morgan fingerprint density at radius 2 is 1.92 bits per heavy atom. The largest absolute Gasteiger partial charge is 0.481 e. The number of piperidine rings is 1. The molecule has 0 bridgehead atoms. The molecule has 3 rings (SSSR count). The lowest BCUT2D eigenvalue weighted by atomic mass is 9.65. The van der Waals surface area contributed by atoms with Gasteiger partial charge in [-0.3, -0.25) is 4.79 Å². The molecule has 1 aromatic carbocycles. The Balaban J connectivity index is 1.62. The van der Waals surface area contributed by atoms with Crippen molar-refractivity contribution < 1.29 is 14.3 Å². The smallest absolute Gasteiger partial charge is 0.303 e. The summed E-state index contributed by atoms with van der Waals surface area (Å²) in [5.41, 5.74) is 1.94. The van der Waals surface area contributed by atoms with Gasteiger partial charge in [-0.2, -0.15) is 0 Å². The first-order valence-corrected chi connectivity index (χ1v) is 9.19. The number of carbonyl (C=O) groups is 1. The van der Waals surface area contributed by atoms with Crippen molar-refractivity contribution >= 4 is 23.3 Å². The van der Waals surface area contributed by atoms with Crippen LogP contribution >= 0.6 is 11.6 Å². The van der Waals surface area contributed by atoms with E-state index in [4.69, 9.17) is 16.7 Å². The zero-order valence-corrected chi connectivity index (χ0v) is 14.9. The monoisotopic (exact) mass is 353 g/mol. The third-order valence-corrected chi connectivity index (χ3v) is 6.49. The number of rotatable bonds is 3. The third kappa shape index (κ3) is 3.69. The van der Waals surface area contributed by atoms with Crippen molar-refractivity contribution in [3.8, 4) is 0 Å². The van der Waals surface area contributed by atoms with Crippen molar-refractivity contribution in [3.63, 3.8) is 0 Å². The van der Waals surface area contributed by atoms with E-state index in [0.29, 0.717) is 22.8 Å². The minimum absolute atomic E-state index is 0.235. The molecule has 1 saturated heterocycles. The number of hydrogen-bond donors (Lipinski definition) is 1. The number of aliphatic carboxylic acids is 1. The molecule has 0 amide bonds. The van der Waals surface area contributed by atoms with Gasteiger partial charge in [-0.25, -0.2) is 4.39 Å². The standard InChI is InChI=1S/C19H25ClFNO2/c1-13-10-15(21)12-16(18(13)20)22-8-6-19(7-9-22)4-2-14(3-5-19)11-17(23)24/h10,12,14H,2-9,11H2,1H3,(H,23,24). The van der Waals surface area contributed by atoms with Crippen LogP contribution in [0.2, 0.25) is 5.02 Å². The van der Waals surface area contributed by atoms with Crippen molar-refractivity contribution in [1.82, 2.24) is 0 Å². The topological polar surface area (TPSA) is 40.5 Å². The zero-order valence-electron chi connectivity index (χ0n) is 14.2. The van der Waals surface area contributed by atoms with E-state index in [1.165, 1.54) is 12.1 Å². The van der Waals surface area contributed by atoms with Crippen LogP contribution in [-0.2, 0) is 4.79 Å². The average molecular weight is 354 g/mol. The maximum atomic E-state index is 13.7. The molecule has 1 N–H and O–H groups in total. The number of hydrogen-bond acceptors (Lipinski definition) is 2. The van der Waals surface area contributed by atoms with E-state index < -0.39 is 5.97 Å². The molecule has 0 aromatic heterocycles. The summed E-state index contributed by atoms with van der Waals surface area (Å²) in [6.45, 7) is 3.63. The second-order valence-electron chi connectivity index (χ2n) is 7.58. The molecule has 1 heterocycles. The Labute approximate surface area is 147 Å². The molecule has 2 aliphatic rings. The molecule has 5 heteroatoms. The summed E-state index contributed by atoms with van der Waals surface area (Å²) in [7, 11) is 0. The van der Waals surface area contributed by atoms with Crippen LogP contribution in [0.1, 0.15) is 50.5 Å². The minimum Gasteiger partial charge on any atom is -0.481 e. The van der Waals surface area contributed by atoms with Gasteiger partial charge in [-0.15, -0.1) is 0 Å². The van der Waals surface area contributed by atoms with E-state index in [1.54, 1.807) is 0 Å². The quantitative estimate of drug-likeness (QED) is 0.827. The molecule has 0 atom stereocenters. The summed E-state index contributed by atoms with van der Waals surface area (Å²) in [4.78, 5) is 13.1. The molecule has 0 unspecified atom stereocenters. The Morgan fingerprint density at radius 3 is 2.50 bits per heavy atom. The van der Waals surface area contributed by atoms with Gasteiger partial charge in [0.2, 0.25) is 0 Å². The van der Waals surface area contributed by atoms with Crippen molar-refractivity contribution in [2.24, 2.45) is 11.3 Å². The lowest BCUT2D eigenvalue weighted by molar-refractivity contribution is -0.138. The lowest BCUT2D eigenvalue weighted by Crippen LogP contribution is -2.42. The highest BCUT2D eigenvalue weighted by Crippen LogP contribution is 2.48. The number of aryl methyl sites for hydroxylation is 1. The van der Waals surface area contributed by atoms with Gasteiger partial charge in [-0.05, 0) is 74.5 Å². The van der Waals surface area contributed by atoms with Crippen molar-refractivity contribution in [2.45, 2.75) is 51.9 Å². The van der Waals surface area contributed by atoms with Gasteiger partial charge in [0.15, 0.2) is 0 Å². The normalized spacial score (nSPS) is 21.2. The van der Waals surface area contributed by atoms with E-state index in [2.05, 4.69) is 4.90 Å². The molecule has 1 aliphatic heterocycles. The zero-order chi connectivity index (χ0) is 17.3. The highest BCUT2D eigenvalue weighted by Gasteiger charge is 2.38. The van der Waals surface area contributed by atoms with Crippen LogP contribution in [0.4, 0.5) is 10.1 Å². The Hall–Kier alpha value is -1.29. The van der Waals surface area contributed by atoms with Crippen LogP contribution in [0.3, 0.4) is 0 Å². The Kier molecular flexibility index (Phi) is 5.05. The second kappa shape index (κ2) is 6.91. The number of anilines is 1. The SMILES string of the molecule is Cc1cc(F)cc(N2CCC3(CCC(CC(=O)O)CC3)CC2)c1Cl. The third-order valence-electron chi connectivity index (χ3n) is 5.99. The molecule has 0 radical (unpaired) electrons. The lowest BCUT2D eigenvalue weighted by Gasteiger charge is -2.46. The number of nitrogens with zero attached hydrogens (tertiary/aromatic N) is 1. The molecule has 1 saturated carbocycles. The summed E-state index contributed by atoms with van der Waals surface area (Å²) < 4.78 is 13.7. The molecule has 1 aromatic rings. The summed E-state index contributed by atoms with van der Waals surface area (Å²) >= 11 is 6.38. The fraction of sp³-hybridized carbons (Fsp3) is 0.632. The molecule has 2 fully saturated rings. The van der Waals surface area contributed by atoms with Gasteiger partial charge in [0.1, 0.15) is 5.82 Å². The van der Waals surface area contributed by atoms with E-state index in [1.807, 2.05) is 6.92 Å². The molecule has 1 aliphatic carbocycles. The summed E-state index contributed by atoms with van der Waals surface area (Å²) in [6.07, 6.45) is 6.75. The molecule has 24 heavy (non-hydrogen) atoms. The van der Waals surface area contributed by atoms with E-state index in [-0.39, 0.29) is 5.82 Å². The first-order chi connectivity index (χ1) is 11.4. The summed E-state index contributed by atoms with van der Waals surface area (Å²) in [6, 6.07) is 3.01. The van der Waals surface area contributed by atoms with Gasteiger partial charge >= 0.3 is 5.97 Å². The van der Waals surface area contributed by atoms with Crippen LogP contribution in [0, 0.1) is 24.1 Å². The second-order valence-corrected chi connectivity index (χ2v) is 7.96. The van der Waals surface area contributed by atoms with Gasteiger partial charge in [0.25, 0.3) is 0 Å². The van der Waals surface area contributed by atoms with E-state index >= 15 is 0 Å². The highest BCUT2D eigenvalue weighted by atomic mass is 35.5. The summed E-state index contributed by atoms with van der Waals surface area (Å²) in [5.74, 6) is -0.574. The number of carboxylic acid groups (broad SMARTS) is 1. The fourth-order valence-electron chi connectivity index (χ4n) is 4.40. The van der Waals surface area contributed by atoms with Crippen molar-refractivity contribution in [2.75, 3.05) is 18.0 Å². The van der Waals surface area contributed by atoms with Gasteiger partial charge < -0.3 is 10.0 Å². The van der Waals surface area contributed by atoms with Gasteiger partial charge in [0.05, 0.1) is 10.7 Å². The number of benzene rings is 1. The number of halogens is 2. The molecular formula is C19H25ClFNO2. The Morgan fingerprint density at radius 1 is 1.29 bits per heavy atom. The molecular weight excluding hydrogens is 329 g/mol. The molecule has 1 spiro atoms. The minimum atomic E-state index is -0.679. The molecule has 132 valence electrons. The first-order valence-electron chi connectivity index (χ1n) is 8.81. The van der Waals surface area contributed by atoms with E-state index in [0.717, 1.165) is 62.9 Å². The fourth-order valence-corrected chi connectivity index (χ4v) is 4.63. The van der Waals surface area contributed by atoms with Crippen LogP contribution in [0.5, 0.6) is 0 Å². The predicted octanol–water partition coefficient (Wildman–Crippen LogP) is 5.04. The maximum Gasteiger partial charge on any atom is 0.303 e. The summed E-state index contributed by atoms with van der Waals surface area (Å²) in [5, 5.41) is 9.60. The van der Waals surface area contributed by atoms with Crippen molar-refractivity contribution in [1.29, 1.82) is 0 Å². The molecule has 3 nitrogen and oxygen atoms in total. The Bertz CT molecular complexity index is 616. The maximum absolute atomic E-state index is 13.7. The average Bonchev–Trinajstić information content (AvgIpc) is 2.54. The van der Waals surface area contributed by atoms with Crippen LogP contribution in [0.15, 0.2) is 12.1 Å². The van der Waals surface area contributed by atoms with Crippen molar-refractivity contribution in [3.05, 3.63) is 28.5 Å². The predicted molar refractivity (Wildman–Crippen MR) is 94.2 cm³/mol. The van der Waals surface area contributed by atoms with Gasteiger partial charge in [0, 0.05) is 19.5 Å². The van der Waals surface area contributed by atoms with E-state index in [9.17, 15) is 9.18 Å².